The van der Waals surface area contributed by atoms with Gasteiger partial charge in [-0.1, -0.05) is 50.6 Å². The average molecular weight is 654 g/mol. The van der Waals surface area contributed by atoms with E-state index in [2.05, 4.69) is 43.6 Å². The molecule has 0 aliphatic heterocycles. The molecule has 0 aliphatic rings. The molecule has 0 unspecified atom stereocenters. The summed E-state index contributed by atoms with van der Waals surface area (Å²) in [4.78, 5) is 16.6. The number of amidine groups is 1. The van der Waals surface area contributed by atoms with Gasteiger partial charge in [0, 0.05) is 30.7 Å². The standard InChI is InChI=1S/C38H40N2O6S/c1-5-14-29-32(19-12-20-33(29)46-34-18-11-10-17-30(34)38(41)42-4)43-21-13-22-44-35-24-36(45-25-27-15-8-7-9-16-27)31(23-28(35)6-2)37(47)40-26(3)39/h8,10-12,15-20,23-24H,5-6,13-14,21-22,25H2,1-4H3,(H2,39,40,47)/p+1. The fourth-order valence-corrected chi connectivity index (χ4v) is 5.19. The van der Waals surface area contributed by atoms with Gasteiger partial charge in [0.25, 0.3) is 5.04 Å². The third-order valence-electron chi connectivity index (χ3n) is 7.10. The molecular weight excluding hydrogens is 612 g/mol. The summed E-state index contributed by atoms with van der Waals surface area (Å²) < 4.78 is 29.9. The Morgan fingerprint density at radius 1 is 0.872 bits per heavy atom. The quantitative estimate of drug-likeness (QED) is 0.0441. The summed E-state index contributed by atoms with van der Waals surface area (Å²) in [6.07, 6.45) is 3.00. The van der Waals surface area contributed by atoms with E-state index in [0.717, 1.165) is 53.0 Å². The highest BCUT2D eigenvalue weighted by Crippen LogP contribution is 2.35. The maximum Gasteiger partial charge on any atom is 0.341 e. The number of hydrogen-bond acceptors (Lipinski definition) is 7. The van der Waals surface area contributed by atoms with Crippen molar-refractivity contribution in [3.8, 4) is 28.7 Å². The Morgan fingerprint density at radius 3 is 2.32 bits per heavy atom. The predicted octanol–water partition coefficient (Wildman–Crippen LogP) is 7.56. The molecule has 0 amide bonds. The highest BCUT2D eigenvalue weighted by Gasteiger charge is 2.19. The molecule has 0 saturated heterocycles. The van der Waals surface area contributed by atoms with Crippen molar-refractivity contribution in [3.63, 3.8) is 0 Å². The van der Waals surface area contributed by atoms with E-state index in [1.54, 1.807) is 31.2 Å². The first kappa shape index (κ1) is 34.9. The van der Waals surface area contributed by atoms with Crippen molar-refractivity contribution in [2.45, 2.75) is 53.1 Å². The van der Waals surface area contributed by atoms with E-state index in [0.29, 0.717) is 54.1 Å². The number of nitrogens with zero attached hydrogens (tertiary/aromatic N) is 1. The number of hydrogen-bond donors (Lipinski definition) is 1. The van der Waals surface area contributed by atoms with Crippen molar-refractivity contribution in [1.29, 1.82) is 5.41 Å². The molecule has 4 aromatic rings. The van der Waals surface area contributed by atoms with E-state index < -0.39 is 5.97 Å². The summed E-state index contributed by atoms with van der Waals surface area (Å²) in [5.74, 6) is 2.82. The van der Waals surface area contributed by atoms with Crippen LogP contribution in [0.15, 0.2) is 77.8 Å². The summed E-state index contributed by atoms with van der Waals surface area (Å²) in [6.45, 7) is 6.97. The van der Waals surface area contributed by atoms with Gasteiger partial charge in [-0.2, -0.15) is 4.99 Å². The number of rotatable bonds is 16. The van der Waals surface area contributed by atoms with Crippen molar-refractivity contribution in [1.82, 2.24) is 0 Å². The number of benzene rings is 3. The lowest BCUT2D eigenvalue weighted by atomic mass is 10.1. The summed E-state index contributed by atoms with van der Waals surface area (Å²) in [6, 6.07) is 28.0. The monoisotopic (exact) mass is 653 g/mol. The molecule has 0 radical (unpaired) electrons. The van der Waals surface area contributed by atoms with Crippen LogP contribution in [0.4, 0.5) is 0 Å². The average Bonchev–Trinajstić information content (AvgIpc) is 3.08. The number of aryl methyl sites for hydroxylation is 1. The largest absolute Gasteiger partial charge is 0.493 e. The molecule has 1 N–H and O–H groups in total. The predicted molar refractivity (Wildman–Crippen MR) is 188 cm³/mol. The van der Waals surface area contributed by atoms with E-state index in [-0.39, 0.29) is 5.84 Å². The lowest BCUT2D eigenvalue weighted by molar-refractivity contribution is 0.0598. The molecule has 0 fully saturated rings. The zero-order valence-electron chi connectivity index (χ0n) is 27.3. The number of carbonyl (C=O) groups excluding carboxylic acids is 1. The van der Waals surface area contributed by atoms with Gasteiger partial charge in [0.05, 0.1) is 25.9 Å². The van der Waals surface area contributed by atoms with E-state index in [1.165, 1.54) is 7.11 Å². The summed E-state index contributed by atoms with van der Waals surface area (Å²) in [5, 5.41) is 8.33. The Balaban J connectivity index is 1.45. The molecule has 4 aromatic carbocycles. The molecule has 9 heteroatoms. The topological polar surface area (TPSA) is 99.4 Å². The van der Waals surface area contributed by atoms with Crippen molar-refractivity contribution in [2.24, 2.45) is 4.99 Å². The number of carbonyl (C=O) groups is 1. The van der Waals surface area contributed by atoms with Crippen LogP contribution in [0.5, 0.6) is 28.7 Å². The lowest BCUT2D eigenvalue weighted by Gasteiger charge is -2.18. The third-order valence-corrected chi connectivity index (χ3v) is 7.48. The smallest absolute Gasteiger partial charge is 0.341 e. The van der Waals surface area contributed by atoms with Crippen LogP contribution in [0.25, 0.3) is 0 Å². The van der Waals surface area contributed by atoms with Gasteiger partial charge in [-0.3, -0.25) is 5.41 Å². The molecule has 0 spiro atoms. The van der Waals surface area contributed by atoms with Crippen LogP contribution in [-0.4, -0.2) is 37.2 Å². The molecule has 0 saturated carbocycles. The summed E-state index contributed by atoms with van der Waals surface area (Å²) in [5.41, 5.74) is 3.98. The first-order chi connectivity index (χ1) is 22.8. The molecule has 47 heavy (non-hydrogen) atoms. The lowest BCUT2D eigenvalue weighted by Crippen LogP contribution is -2.10. The Hall–Kier alpha value is -4.94. The number of aliphatic imine (C=N–C) groups is 1. The zero-order valence-corrected chi connectivity index (χ0v) is 28.3. The highest BCUT2D eigenvalue weighted by molar-refractivity contribution is 7.78. The summed E-state index contributed by atoms with van der Waals surface area (Å²) >= 11 is 3.59. The highest BCUT2D eigenvalue weighted by atomic mass is 32.1. The fourth-order valence-electron chi connectivity index (χ4n) is 4.83. The maximum atomic E-state index is 12.3. The van der Waals surface area contributed by atoms with Gasteiger partial charge >= 0.3 is 5.97 Å². The minimum Gasteiger partial charge on any atom is -0.493 e. The van der Waals surface area contributed by atoms with Crippen LogP contribution >= 0.6 is 0 Å². The Bertz CT molecular complexity index is 1690. The van der Waals surface area contributed by atoms with E-state index in [1.807, 2.05) is 48.5 Å². The Kier molecular flexibility index (Phi) is 13.1. The van der Waals surface area contributed by atoms with E-state index in [9.17, 15) is 4.79 Å². The zero-order chi connectivity index (χ0) is 33.6. The molecule has 4 rings (SSSR count). The third kappa shape index (κ3) is 9.77. The first-order valence-corrected chi connectivity index (χ1v) is 16.1. The van der Waals surface area contributed by atoms with Crippen molar-refractivity contribution < 1.29 is 28.5 Å². The molecule has 0 bridgehead atoms. The van der Waals surface area contributed by atoms with Crippen LogP contribution in [0.2, 0.25) is 0 Å². The molecule has 0 atom stereocenters. The maximum absolute atomic E-state index is 12.3. The van der Waals surface area contributed by atoms with Crippen LogP contribution in [0.1, 0.15) is 66.2 Å². The normalized spacial score (nSPS) is 11.0. The van der Waals surface area contributed by atoms with Gasteiger partial charge in [-0.15, -0.1) is 0 Å². The number of ether oxygens (including phenoxy) is 5. The fraction of sp³-hybridized carbons (Fsp3) is 0.289. The SMILES string of the molecule is CCCc1c(OCCCOc2cc(OCc3cc#ccc3)c(C([SH2+])=NC(C)=N)cc2CC)cccc1Oc1ccccc1C(=O)OC. The van der Waals surface area contributed by atoms with E-state index in [4.69, 9.17) is 29.1 Å². The molecule has 8 nitrogen and oxygen atoms in total. The van der Waals surface area contributed by atoms with Gasteiger partial charge in [0.15, 0.2) is 0 Å². The van der Waals surface area contributed by atoms with E-state index >= 15 is 0 Å². The Morgan fingerprint density at radius 2 is 1.62 bits per heavy atom. The van der Waals surface area contributed by atoms with Crippen molar-refractivity contribution >= 4 is 29.5 Å². The van der Waals surface area contributed by atoms with Gasteiger partial charge in [0.1, 0.15) is 46.8 Å². The van der Waals surface area contributed by atoms with Crippen molar-refractivity contribution in [2.75, 3.05) is 20.3 Å². The molecule has 0 aliphatic carbocycles. The number of nitrogens with one attached hydrogen (secondary N) is 1. The molecule has 0 aromatic heterocycles. The van der Waals surface area contributed by atoms with Crippen molar-refractivity contribution in [3.05, 3.63) is 113 Å². The number of esters is 1. The van der Waals surface area contributed by atoms with Crippen LogP contribution in [0, 0.1) is 17.5 Å². The second kappa shape index (κ2) is 17.7. The number of methoxy groups -OCH3 is 1. The van der Waals surface area contributed by atoms with Crippen LogP contribution in [0.3, 0.4) is 0 Å². The second-order valence-corrected chi connectivity index (χ2v) is 11.1. The van der Waals surface area contributed by atoms with Gasteiger partial charge < -0.3 is 23.7 Å². The van der Waals surface area contributed by atoms with Crippen LogP contribution < -0.4 is 18.9 Å². The van der Waals surface area contributed by atoms with Gasteiger partial charge in [-0.25, -0.2) is 4.79 Å². The molecule has 0 heterocycles. The van der Waals surface area contributed by atoms with Gasteiger partial charge in [0.2, 0.25) is 0 Å². The molecular formula is C38H41N2O6S+. The Labute approximate surface area is 282 Å². The second-order valence-electron chi connectivity index (χ2n) is 10.6. The molecule has 244 valence electrons. The summed E-state index contributed by atoms with van der Waals surface area (Å²) in [7, 11) is 1.35. The van der Waals surface area contributed by atoms with Gasteiger partial charge in [-0.05, 0) is 79.4 Å². The van der Waals surface area contributed by atoms with Crippen LogP contribution in [-0.2, 0) is 36.8 Å². The first-order valence-electron chi connectivity index (χ1n) is 15.6. The minimum absolute atomic E-state index is 0.178. The minimum atomic E-state index is -0.458. The number of para-hydroxylation sites is 1.